The highest BCUT2D eigenvalue weighted by molar-refractivity contribution is 9.11. The molecule has 2 aromatic rings. The van der Waals surface area contributed by atoms with Gasteiger partial charge in [0.1, 0.15) is 0 Å². The number of nitrogens with one attached hydrogen (secondary N) is 1. The van der Waals surface area contributed by atoms with Gasteiger partial charge >= 0.3 is 0 Å². The Kier molecular flexibility index (Phi) is 6.71. The number of amides is 1. The summed E-state index contributed by atoms with van der Waals surface area (Å²) >= 11 is 7.10. The van der Waals surface area contributed by atoms with Crippen molar-refractivity contribution in [1.82, 2.24) is 10.2 Å². The largest absolute Gasteiger partial charge is 0.370 e. The number of rotatable bonds is 4. The van der Waals surface area contributed by atoms with Crippen LogP contribution in [0.2, 0.25) is 0 Å². The van der Waals surface area contributed by atoms with Crippen molar-refractivity contribution in [2.75, 3.05) is 37.6 Å². The van der Waals surface area contributed by atoms with Gasteiger partial charge in [0.25, 0.3) is 0 Å². The van der Waals surface area contributed by atoms with E-state index in [9.17, 15) is 4.79 Å². The fourth-order valence-electron chi connectivity index (χ4n) is 4.29. The van der Waals surface area contributed by atoms with E-state index in [1.807, 2.05) is 23.1 Å². The number of piperazine rings is 1. The quantitative estimate of drug-likeness (QED) is 0.656. The molecule has 2 heterocycles. The molecule has 2 aliphatic rings. The van der Waals surface area contributed by atoms with Crippen molar-refractivity contribution >= 4 is 43.5 Å². The summed E-state index contributed by atoms with van der Waals surface area (Å²) in [6.45, 7) is 6.59. The molecule has 1 amide bonds. The van der Waals surface area contributed by atoms with Gasteiger partial charge in [0.2, 0.25) is 5.91 Å². The summed E-state index contributed by atoms with van der Waals surface area (Å²) in [6, 6.07) is 14.6. The second-order valence-electron chi connectivity index (χ2n) is 7.55. The lowest BCUT2D eigenvalue weighted by Gasteiger charge is -2.45. The number of hydrogen-bond donors (Lipinski definition) is 1. The lowest BCUT2D eigenvalue weighted by molar-refractivity contribution is -0.117. The number of anilines is 1. The molecule has 0 spiro atoms. The fraction of sp³-hybridized carbons (Fsp3) is 0.409. The third kappa shape index (κ3) is 4.75. The SMILES string of the molecule is CC(=O)N1CC(OCc2cc(Br)cc(Br)c2)C(N2CCNCC2)c2ccccc21. The molecule has 7 heteroatoms. The van der Waals surface area contributed by atoms with Gasteiger partial charge in [-0.3, -0.25) is 9.69 Å². The van der Waals surface area contributed by atoms with Crippen LogP contribution in [0.5, 0.6) is 0 Å². The van der Waals surface area contributed by atoms with Gasteiger partial charge in [-0.2, -0.15) is 0 Å². The monoisotopic (exact) mass is 521 g/mol. The Labute approximate surface area is 188 Å². The predicted molar refractivity (Wildman–Crippen MR) is 122 cm³/mol. The Morgan fingerprint density at radius 2 is 1.83 bits per heavy atom. The standard InChI is InChI=1S/C22H25Br2N3O2/c1-15(28)27-13-21(29-14-16-10-17(23)12-18(24)11-16)22(26-8-6-25-7-9-26)19-4-2-3-5-20(19)27/h2-5,10-12,21-22,25H,6-9,13-14H2,1H3. The van der Waals surface area contributed by atoms with Crippen LogP contribution in [0.25, 0.3) is 0 Å². The van der Waals surface area contributed by atoms with Gasteiger partial charge in [0.15, 0.2) is 0 Å². The fourth-order valence-corrected chi connectivity index (χ4v) is 5.68. The molecule has 29 heavy (non-hydrogen) atoms. The summed E-state index contributed by atoms with van der Waals surface area (Å²) in [5, 5.41) is 3.43. The van der Waals surface area contributed by atoms with E-state index in [4.69, 9.17) is 4.74 Å². The summed E-state index contributed by atoms with van der Waals surface area (Å²) in [4.78, 5) is 16.7. The van der Waals surface area contributed by atoms with Crippen LogP contribution in [0.4, 0.5) is 5.69 Å². The molecule has 2 atom stereocenters. The van der Waals surface area contributed by atoms with Gasteiger partial charge in [0, 0.05) is 47.7 Å². The van der Waals surface area contributed by atoms with E-state index < -0.39 is 0 Å². The van der Waals surface area contributed by atoms with E-state index in [1.54, 1.807) is 6.92 Å². The zero-order valence-electron chi connectivity index (χ0n) is 16.4. The first-order valence-electron chi connectivity index (χ1n) is 9.91. The number of halogens is 2. The molecule has 1 fully saturated rings. The first-order chi connectivity index (χ1) is 14.0. The zero-order chi connectivity index (χ0) is 20.4. The third-order valence-corrected chi connectivity index (χ3v) is 6.49. The van der Waals surface area contributed by atoms with Gasteiger partial charge in [-0.1, -0.05) is 50.1 Å². The van der Waals surface area contributed by atoms with E-state index in [1.165, 1.54) is 5.56 Å². The molecule has 2 unspecified atom stereocenters. The molecule has 2 aromatic carbocycles. The molecule has 1 saturated heterocycles. The predicted octanol–water partition coefficient (Wildman–Crippen LogP) is 4.11. The van der Waals surface area contributed by atoms with Crippen LogP contribution in [0.1, 0.15) is 24.1 Å². The molecule has 1 N–H and O–H groups in total. The molecule has 0 aromatic heterocycles. The summed E-state index contributed by atoms with van der Waals surface area (Å²) < 4.78 is 8.52. The average Bonchev–Trinajstić information content (AvgIpc) is 2.71. The number of carbonyl (C=O) groups excluding carboxylic acids is 1. The van der Waals surface area contributed by atoms with Crippen molar-refractivity contribution in [2.24, 2.45) is 0 Å². The average molecular weight is 523 g/mol. The van der Waals surface area contributed by atoms with Crippen LogP contribution in [0, 0.1) is 0 Å². The van der Waals surface area contributed by atoms with Crippen LogP contribution < -0.4 is 10.2 Å². The summed E-state index contributed by atoms with van der Waals surface area (Å²) in [7, 11) is 0. The Morgan fingerprint density at radius 1 is 1.14 bits per heavy atom. The molecule has 2 aliphatic heterocycles. The summed E-state index contributed by atoms with van der Waals surface area (Å²) in [6.07, 6.45) is -0.0929. The van der Waals surface area contributed by atoms with Crippen molar-refractivity contribution in [1.29, 1.82) is 0 Å². The van der Waals surface area contributed by atoms with Gasteiger partial charge < -0.3 is 15.0 Å². The Balaban J connectivity index is 1.64. The number of benzene rings is 2. The van der Waals surface area contributed by atoms with Crippen LogP contribution >= 0.6 is 31.9 Å². The van der Waals surface area contributed by atoms with Crippen molar-refractivity contribution in [2.45, 2.75) is 25.7 Å². The van der Waals surface area contributed by atoms with Crippen molar-refractivity contribution in [3.63, 3.8) is 0 Å². The van der Waals surface area contributed by atoms with Gasteiger partial charge in [0.05, 0.1) is 25.3 Å². The van der Waals surface area contributed by atoms with E-state index in [-0.39, 0.29) is 18.1 Å². The molecule has 0 saturated carbocycles. The summed E-state index contributed by atoms with van der Waals surface area (Å²) in [5.74, 6) is 0.0509. The van der Waals surface area contributed by atoms with Crippen LogP contribution in [0.15, 0.2) is 51.4 Å². The molecule has 0 radical (unpaired) electrons. The second kappa shape index (κ2) is 9.27. The minimum Gasteiger partial charge on any atom is -0.370 e. The van der Waals surface area contributed by atoms with Crippen LogP contribution in [-0.2, 0) is 16.1 Å². The third-order valence-electron chi connectivity index (χ3n) is 5.57. The topological polar surface area (TPSA) is 44.8 Å². The van der Waals surface area contributed by atoms with Crippen LogP contribution in [-0.4, -0.2) is 49.6 Å². The minimum absolute atomic E-state index is 0.0509. The van der Waals surface area contributed by atoms with E-state index in [0.29, 0.717) is 13.2 Å². The first kappa shape index (κ1) is 21.0. The highest BCUT2D eigenvalue weighted by Crippen LogP contribution is 2.39. The highest BCUT2D eigenvalue weighted by atomic mass is 79.9. The zero-order valence-corrected chi connectivity index (χ0v) is 19.6. The molecule has 154 valence electrons. The highest BCUT2D eigenvalue weighted by Gasteiger charge is 2.39. The number of carbonyl (C=O) groups is 1. The van der Waals surface area contributed by atoms with E-state index >= 15 is 0 Å². The van der Waals surface area contributed by atoms with Crippen molar-refractivity contribution in [3.8, 4) is 0 Å². The van der Waals surface area contributed by atoms with Crippen molar-refractivity contribution in [3.05, 3.63) is 62.5 Å². The smallest absolute Gasteiger partial charge is 0.223 e. The lowest BCUT2D eigenvalue weighted by atomic mass is 9.92. The minimum atomic E-state index is -0.0929. The number of ether oxygens (including phenoxy) is 1. The number of hydrogen-bond acceptors (Lipinski definition) is 4. The molecular formula is C22H25Br2N3O2. The molecule has 0 aliphatic carbocycles. The Morgan fingerprint density at radius 3 is 2.52 bits per heavy atom. The number of nitrogens with zero attached hydrogens (tertiary/aromatic N) is 2. The maximum absolute atomic E-state index is 12.4. The maximum Gasteiger partial charge on any atom is 0.223 e. The molecule has 5 nitrogen and oxygen atoms in total. The van der Waals surface area contributed by atoms with E-state index in [2.05, 4.69) is 66.3 Å². The van der Waals surface area contributed by atoms with Crippen LogP contribution in [0.3, 0.4) is 0 Å². The number of fused-ring (bicyclic) bond motifs is 1. The Hall–Kier alpha value is -1.25. The molecular weight excluding hydrogens is 498 g/mol. The summed E-state index contributed by atoms with van der Waals surface area (Å²) in [5.41, 5.74) is 3.28. The van der Waals surface area contributed by atoms with E-state index in [0.717, 1.165) is 46.4 Å². The second-order valence-corrected chi connectivity index (χ2v) is 9.38. The normalized spacial score (nSPS) is 22.4. The van der Waals surface area contributed by atoms with Crippen molar-refractivity contribution < 1.29 is 9.53 Å². The first-order valence-corrected chi connectivity index (χ1v) is 11.5. The lowest BCUT2D eigenvalue weighted by Crippen LogP contribution is -2.54. The van der Waals surface area contributed by atoms with Gasteiger partial charge in [-0.25, -0.2) is 0 Å². The Bertz CT molecular complexity index is 866. The number of para-hydroxylation sites is 1. The maximum atomic E-state index is 12.4. The van der Waals surface area contributed by atoms with Gasteiger partial charge in [-0.15, -0.1) is 0 Å². The van der Waals surface area contributed by atoms with Gasteiger partial charge in [-0.05, 0) is 35.4 Å². The molecule has 4 rings (SSSR count). The molecule has 0 bridgehead atoms.